The molecule has 0 fully saturated rings. The lowest BCUT2D eigenvalue weighted by molar-refractivity contribution is 1.19. The predicted octanol–water partition coefficient (Wildman–Crippen LogP) is 3.95. The number of rotatable bonds is 3. The number of benzene rings is 1. The summed E-state index contributed by atoms with van der Waals surface area (Å²) in [6.45, 7) is 4.00. The lowest BCUT2D eigenvalue weighted by Crippen LogP contribution is -1.93. The number of hydrogen-bond acceptors (Lipinski definition) is 4. The molecule has 0 aliphatic carbocycles. The van der Waals surface area contributed by atoms with E-state index >= 15 is 0 Å². The molecule has 0 spiro atoms. The molecule has 0 atom stereocenters. The van der Waals surface area contributed by atoms with Crippen molar-refractivity contribution in [3.8, 4) is 0 Å². The van der Waals surface area contributed by atoms with E-state index in [-0.39, 0.29) is 0 Å². The van der Waals surface area contributed by atoms with Crippen LogP contribution in [-0.2, 0) is 0 Å². The molecule has 0 bridgehead atoms. The minimum Gasteiger partial charge on any atom is -0.404 e. The molecule has 0 amide bonds. The van der Waals surface area contributed by atoms with Crippen LogP contribution in [0.3, 0.4) is 0 Å². The van der Waals surface area contributed by atoms with E-state index < -0.39 is 0 Å². The van der Waals surface area contributed by atoms with Crippen LogP contribution in [0.2, 0.25) is 0 Å². The number of aryl methyl sites for hydroxylation is 2. The number of fused-ring (bicyclic) bond motifs is 1. The number of aliphatic imine (C=N–C) groups is 1. The average molecular weight is 302 g/mol. The molecule has 0 aliphatic rings. The molecule has 3 aromatic rings. The molecular formula is C19H18N4. The van der Waals surface area contributed by atoms with Crippen molar-refractivity contribution in [2.24, 2.45) is 10.7 Å². The Hall–Kier alpha value is -3.01. The van der Waals surface area contributed by atoms with Crippen LogP contribution in [0, 0.1) is 13.8 Å². The summed E-state index contributed by atoms with van der Waals surface area (Å²) in [6, 6.07) is 12.0. The van der Waals surface area contributed by atoms with Gasteiger partial charge in [0.15, 0.2) is 5.82 Å². The van der Waals surface area contributed by atoms with Crippen molar-refractivity contribution in [2.75, 3.05) is 0 Å². The molecule has 1 aromatic carbocycles. The molecule has 0 aliphatic heterocycles. The van der Waals surface area contributed by atoms with Gasteiger partial charge in [-0.15, -0.1) is 0 Å². The van der Waals surface area contributed by atoms with Crippen LogP contribution in [0.25, 0.3) is 16.3 Å². The third-order valence-electron chi connectivity index (χ3n) is 3.72. The summed E-state index contributed by atoms with van der Waals surface area (Å²) in [5.74, 6) is 0.686. The van der Waals surface area contributed by atoms with Gasteiger partial charge in [-0.25, -0.2) is 9.98 Å². The molecule has 23 heavy (non-hydrogen) atoms. The first-order valence-corrected chi connectivity index (χ1v) is 7.42. The lowest BCUT2D eigenvalue weighted by atomic mass is 10.1. The van der Waals surface area contributed by atoms with Crippen molar-refractivity contribution in [1.82, 2.24) is 9.97 Å². The Morgan fingerprint density at radius 1 is 1.00 bits per heavy atom. The average Bonchev–Trinajstić information content (AvgIpc) is 2.59. The van der Waals surface area contributed by atoms with Crippen LogP contribution in [0.5, 0.6) is 0 Å². The van der Waals surface area contributed by atoms with Gasteiger partial charge in [0.25, 0.3) is 0 Å². The summed E-state index contributed by atoms with van der Waals surface area (Å²) in [6.07, 6.45) is 6.90. The van der Waals surface area contributed by atoms with E-state index in [0.29, 0.717) is 5.82 Å². The van der Waals surface area contributed by atoms with Crippen molar-refractivity contribution in [1.29, 1.82) is 0 Å². The summed E-state index contributed by atoms with van der Waals surface area (Å²) < 4.78 is 0. The minimum absolute atomic E-state index is 0.686. The Balaban J connectivity index is 1.99. The Labute approximate surface area is 135 Å². The van der Waals surface area contributed by atoms with Gasteiger partial charge in [-0.05, 0) is 30.9 Å². The molecule has 114 valence electrons. The molecule has 0 saturated heterocycles. The second-order valence-electron chi connectivity index (χ2n) is 5.38. The van der Waals surface area contributed by atoms with Gasteiger partial charge in [-0.1, -0.05) is 30.3 Å². The smallest absolute Gasteiger partial charge is 0.159 e. The van der Waals surface area contributed by atoms with Crippen LogP contribution < -0.4 is 5.73 Å². The molecule has 0 unspecified atom stereocenters. The first-order chi connectivity index (χ1) is 11.2. The molecule has 0 radical (unpaired) electrons. The summed E-state index contributed by atoms with van der Waals surface area (Å²) in [5, 5.41) is 2.19. The second kappa shape index (κ2) is 6.40. The van der Waals surface area contributed by atoms with Gasteiger partial charge in [-0.2, -0.15) is 0 Å². The van der Waals surface area contributed by atoms with Gasteiger partial charge in [0, 0.05) is 47.0 Å². The minimum atomic E-state index is 0.686. The van der Waals surface area contributed by atoms with Gasteiger partial charge < -0.3 is 5.73 Å². The van der Waals surface area contributed by atoms with Crippen molar-refractivity contribution in [2.45, 2.75) is 13.8 Å². The maximum absolute atomic E-state index is 5.74. The Kier molecular flexibility index (Phi) is 4.15. The van der Waals surface area contributed by atoms with Crippen LogP contribution in [0.1, 0.15) is 16.8 Å². The largest absolute Gasteiger partial charge is 0.404 e. The first-order valence-electron chi connectivity index (χ1n) is 7.42. The number of aromatic nitrogens is 2. The topological polar surface area (TPSA) is 64.2 Å². The molecule has 2 N–H and O–H groups in total. The molecule has 2 heterocycles. The normalized spacial score (nSPS) is 12.2. The van der Waals surface area contributed by atoms with Gasteiger partial charge in [0.1, 0.15) is 0 Å². The second-order valence-corrected chi connectivity index (χ2v) is 5.38. The number of pyridine rings is 2. The quantitative estimate of drug-likeness (QED) is 0.745. The zero-order valence-electron chi connectivity index (χ0n) is 13.2. The fourth-order valence-electron chi connectivity index (χ4n) is 2.40. The highest BCUT2D eigenvalue weighted by atomic mass is 14.9. The molecule has 3 rings (SSSR count). The highest BCUT2D eigenvalue weighted by Crippen LogP contribution is 2.26. The number of nitrogens with two attached hydrogens (primary N) is 1. The number of hydrogen-bond donors (Lipinski definition) is 1. The van der Waals surface area contributed by atoms with Crippen molar-refractivity contribution in [3.63, 3.8) is 0 Å². The van der Waals surface area contributed by atoms with Crippen LogP contribution in [0.15, 0.2) is 60.0 Å². The molecular weight excluding hydrogens is 284 g/mol. The van der Waals surface area contributed by atoms with E-state index in [1.807, 2.05) is 50.4 Å². The van der Waals surface area contributed by atoms with Gasteiger partial charge in [-0.3, -0.25) is 4.98 Å². The standard InChI is InChI=1S/C19H18N4/c1-13-10-22-19(18-6-4-3-5-17(13)18)23-12-16(9-20)15-8-7-14(2)21-11-15/h3-12H,20H2,1-2H3/b16-9+,23-12?. The van der Waals surface area contributed by atoms with Crippen LogP contribution in [0.4, 0.5) is 5.82 Å². The van der Waals surface area contributed by atoms with E-state index in [1.54, 1.807) is 12.4 Å². The van der Waals surface area contributed by atoms with Crippen molar-refractivity contribution < 1.29 is 0 Å². The van der Waals surface area contributed by atoms with Crippen molar-refractivity contribution >= 4 is 28.4 Å². The highest BCUT2D eigenvalue weighted by Gasteiger charge is 2.04. The number of allylic oxidation sites excluding steroid dienone is 1. The van der Waals surface area contributed by atoms with Crippen LogP contribution in [-0.4, -0.2) is 16.2 Å². The van der Waals surface area contributed by atoms with E-state index in [9.17, 15) is 0 Å². The Morgan fingerprint density at radius 3 is 2.48 bits per heavy atom. The molecule has 4 nitrogen and oxygen atoms in total. The summed E-state index contributed by atoms with van der Waals surface area (Å²) in [4.78, 5) is 13.3. The third-order valence-corrected chi connectivity index (χ3v) is 3.72. The Bertz CT molecular complexity index is 893. The SMILES string of the molecule is Cc1ccc(/C(C=Nc2ncc(C)c3ccccc23)=C/N)cn1. The van der Waals surface area contributed by atoms with E-state index in [0.717, 1.165) is 33.2 Å². The van der Waals surface area contributed by atoms with Crippen molar-refractivity contribution in [3.05, 3.63) is 71.8 Å². The zero-order chi connectivity index (χ0) is 16.2. The molecule has 0 saturated carbocycles. The lowest BCUT2D eigenvalue weighted by Gasteiger charge is -2.05. The maximum Gasteiger partial charge on any atom is 0.159 e. The monoisotopic (exact) mass is 302 g/mol. The summed E-state index contributed by atoms with van der Waals surface area (Å²) in [7, 11) is 0. The predicted molar refractivity (Wildman–Crippen MR) is 95.8 cm³/mol. The van der Waals surface area contributed by atoms with Crippen LogP contribution >= 0.6 is 0 Å². The van der Waals surface area contributed by atoms with E-state index in [4.69, 9.17) is 5.73 Å². The number of nitrogens with zero attached hydrogens (tertiary/aromatic N) is 3. The fraction of sp³-hybridized carbons (Fsp3) is 0.105. The summed E-state index contributed by atoms with van der Waals surface area (Å²) in [5.41, 5.74) is 9.58. The van der Waals surface area contributed by atoms with E-state index in [2.05, 4.69) is 21.0 Å². The maximum atomic E-state index is 5.74. The van der Waals surface area contributed by atoms with Gasteiger partial charge in [0.2, 0.25) is 0 Å². The van der Waals surface area contributed by atoms with Gasteiger partial charge >= 0.3 is 0 Å². The first kappa shape index (κ1) is 14.9. The van der Waals surface area contributed by atoms with Gasteiger partial charge in [0.05, 0.1) is 0 Å². The summed E-state index contributed by atoms with van der Waals surface area (Å²) >= 11 is 0. The van der Waals surface area contributed by atoms with E-state index in [1.165, 1.54) is 6.20 Å². The highest BCUT2D eigenvalue weighted by molar-refractivity contribution is 6.11. The Morgan fingerprint density at radius 2 is 1.78 bits per heavy atom. The zero-order valence-corrected chi connectivity index (χ0v) is 13.2. The fourth-order valence-corrected chi connectivity index (χ4v) is 2.40. The molecule has 4 heteroatoms. The third kappa shape index (κ3) is 3.11. The molecule has 2 aromatic heterocycles.